The van der Waals surface area contributed by atoms with E-state index in [-0.39, 0.29) is 5.56 Å². The van der Waals surface area contributed by atoms with Crippen LogP contribution in [0.5, 0.6) is 0 Å². The third-order valence-corrected chi connectivity index (χ3v) is 2.06. The Labute approximate surface area is 89.9 Å². The minimum atomic E-state index is -1.06. The van der Waals surface area contributed by atoms with E-state index < -0.39 is 5.97 Å². The third-order valence-electron chi connectivity index (χ3n) is 1.82. The van der Waals surface area contributed by atoms with Crippen molar-refractivity contribution in [1.82, 2.24) is 15.0 Å². The normalized spacial score (nSPS) is 10.2. The largest absolute Gasteiger partial charge is 0.478 e. The Morgan fingerprint density at radius 2 is 2.00 bits per heavy atom. The van der Waals surface area contributed by atoms with E-state index >= 15 is 0 Å². The lowest BCUT2D eigenvalue weighted by molar-refractivity contribution is 0.0696. The summed E-state index contributed by atoms with van der Waals surface area (Å²) in [4.78, 5) is 12.2. The van der Waals surface area contributed by atoms with Crippen molar-refractivity contribution in [3.63, 3.8) is 0 Å². The smallest absolute Gasteiger partial charge is 0.338 e. The fourth-order valence-corrected chi connectivity index (χ4v) is 1.37. The molecule has 0 saturated heterocycles. The van der Waals surface area contributed by atoms with Crippen LogP contribution in [0.25, 0.3) is 5.69 Å². The Morgan fingerprint density at radius 1 is 1.33 bits per heavy atom. The van der Waals surface area contributed by atoms with Gasteiger partial charge in [0.2, 0.25) is 0 Å². The number of halogens is 1. The minimum Gasteiger partial charge on any atom is -0.478 e. The zero-order valence-corrected chi connectivity index (χ0v) is 8.22. The molecule has 0 unspecified atom stereocenters. The first-order valence-electron chi connectivity index (χ1n) is 4.08. The van der Waals surface area contributed by atoms with E-state index in [1.54, 1.807) is 12.1 Å². The van der Waals surface area contributed by atoms with Gasteiger partial charge in [-0.2, -0.15) is 15.0 Å². The monoisotopic (exact) mass is 223 g/mol. The number of carboxylic acid groups (broad SMARTS) is 1. The van der Waals surface area contributed by atoms with Crippen LogP contribution in [0, 0.1) is 0 Å². The molecule has 0 aliphatic heterocycles. The molecule has 1 aromatic heterocycles. The summed E-state index contributed by atoms with van der Waals surface area (Å²) in [6.07, 6.45) is 2.94. The molecule has 0 saturated carbocycles. The molecule has 0 spiro atoms. The first kappa shape index (κ1) is 9.67. The van der Waals surface area contributed by atoms with Crippen LogP contribution in [0.15, 0.2) is 30.6 Å². The fourth-order valence-electron chi connectivity index (χ4n) is 1.19. The summed E-state index contributed by atoms with van der Waals surface area (Å²) in [6, 6.07) is 4.51. The van der Waals surface area contributed by atoms with Gasteiger partial charge in [-0.15, -0.1) is 0 Å². The molecule has 0 aliphatic rings. The van der Waals surface area contributed by atoms with Gasteiger partial charge in [0.25, 0.3) is 0 Å². The zero-order chi connectivity index (χ0) is 10.8. The van der Waals surface area contributed by atoms with Gasteiger partial charge in [0.1, 0.15) is 5.69 Å². The molecule has 0 amide bonds. The number of carbonyl (C=O) groups is 1. The zero-order valence-electron chi connectivity index (χ0n) is 7.46. The highest BCUT2D eigenvalue weighted by atomic mass is 35.5. The van der Waals surface area contributed by atoms with Crippen molar-refractivity contribution in [2.75, 3.05) is 0 Å². The molecule has 0 aliphatic carbocycles. The molecule has 0 bridgehead atoms. The van der Waals surface area contributed by atoms with Gasteiger partial charge in [0, 0.05) is 5.02 Å². The second-order valence-corrected chi connectivity index (χ2v) is 3.22. The first-order valence-corrected chi connectivity index (χ1v) is 4.46. The van der Waals surface area contributed by atoms with Crippen LogP contribution >= 0.6 is 11.6 Å². The average molecular weight is 224 g/mol. The molecule has 76 valence electrons. The SMILES string of the molecule is O=C(O)c1cc(Cl)ccc1-n1nccn1. The predicted molar refractivity (Wildman–Crippen MR) is 53.3 cm³/mol. The molecule has 15 heavy (non-hydrogen) atoms. The molecule has 6 heteroatoms. The van der Waals surface area contributed by atoms with E-state index in [9.17, 15) is 4.79 Å². The number of hydrogen-bond acceptors (Lipinski definition) is 3. The van der Waals surface area contributed by atoms with E-state index in [2.05, 4.69) is 10.2 Å². The Bertz CT molecular complexity index is 496. The molecule has 0 atom stereocenters. The van der Waals surface area contributed by atoms with E-state index in [4.69, 9.17) is 16.7 Å². The molecular weight excluding hydrogens is 218 g/mol. The highest BCUT2D eigenvalue weighted by Crippen LogP contribution is 2.18. The molecule has 0 fully saturated rings. The molecule has 0 radical (unpaired) electrons. The van der Waals surface area contributed by atoms with Crippen LogP contribution in [0.1, 0.15) is 10.4 Å². The van der Waals surface area contributed by atoms with Gasteiger partial charge < -0.3 is 5.11 Å². The summed E-state index contributed by atoms with van der Waals surface area (Å²) in [5.41, 5.74) is 0.454. The number of aromatic nitrogens is 3. The first-order chi connectivity index (χ1) is 7.18. The number of aromatic carboxylic acids is 1. The van der Waals surface area contributed by atoms with Gasteiger partial charge in [0.15, 0.2) is 0 Å². The standard InChI is InChI=1S/C9H6ClN3O2/c10-6-1-2-8(7(5-6)9(14)15)13-11-3-4-12-13/h1-5H,(H,14,15). The van der Waals surface area contributed by atoms with E-state index in [0.29, 0.717) is 10.7 Å². The van der Waals surface area contributed by atoms with Crippen molar-refractivity contribution in [2.45, 2.75) is 0 Å². The Balaban J connectivity index is 2.61. The van der Waals surface area contributed by atoms with Crippen molar-refractivity contribution in [2.24, 2.45) is 0 Å². The Morgan fingerprint density at radius 3 is 2.60 bits per heavy atom. The Hall–Kier alpha value is -1.88. The maximum atomic E-state index is 10.9. The van der Waals surface area contributed by atoms with E-state index in [1.165, 1.54) is 23.3 Å². The summed E-state index contributed by atoms with van der Waals surface area (Å²) in [5.74, 6) is -1.06. The fraction of sp³-hybridized carbons (Fsp3) is 0. The van der Waals surface area contributed by atoms with Gasteiger partial charge in [-0.1, -0.05) is 11.6 Å². The number of carboxylic acids is 1. The molecule has 2 rings (SSSR count). The lowest BCUT2D eigenvalue weighted by atomic mass is 10.2. The van der Waals surface area contributed by atoms with Crippen LogP contribution in [0.2, 0.25) is 5.02 Å². The number of hydrogen-bond donors (Lipinski definition) is 1. The topological polar surface area (TPSA) is 68.0 Å². The van der Waals surface area contributed by atoms with Crippen LogP contribution in [-0.2, 0) is 0 Å². The summed E-state index contributed by atoms with van der Waals surface area (Å²) in [5, 5.41) is 17.0. The van der Waals surface area contributed by atoms with Crippen molar-refractivity contribution in [1.29, 1.82) is 0 Å². The molecule has 1 heterocycles. The van der Waals surface area contributed by atoms with Gasteiger partial charge in [-0.25, -0.2) is 4.79 Å². The maximum absolute atomic E-state index is 10.9. The van der Waals surface area contributed by atoms with Crippen LogP contribution < -0.4 is 0 Å². The summed E-state index contributed by atoms with van der Waals surface area (Å²) < 4.78 is 0. The van der Waals surface area contributed by atoms with Crippen molar-refractivity contribution < 1.29 is 9.90 Å². The number of benzene rings is 1. The quantitative estimate of drug-likeness (QED) is 0.840. The lowest BCUT2D eigenvalue weighted by Gasteiger charge is -2.04. The highest BCUT2D eigenvalue weighted by molar-refractivity contribution is 6.31. The Kier molecular flexibility index (Phi) is 2.39. The second kappa shape index (κ2) is 3.70. The van der Waals surface area contributed by atoms with Gasteiger partial charge in [-0.3, -0.25) is 0 Å². The van der Waals surface area contributed by atoms with Gasteiger partial charge >= 0.3 is 5.97 Å². The van der Waals surface area contributed by atoms with Crippen molar-refractivity contribution in [3.8, 4) is 5.69 Å². The third kappa shape index (κ3) is 1.82. The van der Waals surface area contributed by atoms with E-state index in [1.807, 2.05) is 0 Å². The van der Waals surface area contributed by atoms with Crippen LogP contribution in [0.3, 0.4) is 0 Å². The number of nitrogens with zero attached hydrogens (tertiary/aromatic N) is 3. The van der Waals surface area contributed by atoms with Crippen molar-refractivity contribution in [3.05, 3.63) is 41.2 Å². The highest BCUT2D eigenvalue weighted by Gasteiger charge is 2.12. The molecule has 5 nitrogen and oxygen atoms in total. The van der Waals surface area contributed by atoms with Gasteiger partial charge in [-0.05, 0) is 18.2 Å². The summed E-state index contributed by atoms with van der Waals surface area (Å²) in [6.45, 7) is 0. The summed E-state index contributed by atoms with van der Waals surface area (Å²) >= 11 is 5.71. The maximum Gasteiger partial charge on any atom is 0.338 e. The van der Waals surface area contributed by atoms with Crippen LogP contribution in [0.4, 0.5) is 0 Å². The molecular formula is C9H6ClN3O2. The average Bonchev–Trinajstić information content (AvgIpc) is 2.70. The molecule has 2 aromatic rings. The van der Waals surface area contributed by atoms with Crippen molar-refractivity contribution >= 4 is 17.6 Å². The molecule has 1 N–H and O–H groups in total. The number of rotatable bonds is 2. The second-order valence-electron chi connectivity index (χ2n) is 2.79. The summed E-state index contributed by atoms with van der Waals surface area (Å²) in [7, 11) is 0. The van der Waals surface area contributed by atoms with Gasteiger partial charge in [0.05, 0.1) is 18.0 Å². The lowest BCUT2D eigenvalue weighted by Crippen LogP contribution is -2.07. The molecule has 1 aromatic carbocycles. The van der Waals surface area contributed by atoms with Crippen LogP contribution in [-0.4, -0.2) is 26.1 Å². The predicted octanol–water partition coefficient (Wildman–Crippen LogP) is 1.62. The minimum absolute atomic E-state index is 0.0682. The van der Waals surface area contributed by atoms with E-state index in [0.717, 1.165) is 0 Å².